The van der Waals surface area contributed by atoms with Crippen molar-refractivity contribution in [3.05, 3.63) is 69.7 Å². The molecule has 0 aliphatic heterocycles. The molecule has 0 saturated heterocycles. The Bertz CT molecular complexity index is 566. The standard InChI is InChI=1S/C16H16BrNO/c1-2-13-6-5-7-14(10-13)12-19-18-11-15-8-3-4-9-16(15)17/h3-11H,2,12H2,1H3. The van der Waals surface area contributed by atoms with E-state index < -0.39 is 0 Å². The van der Waals surface area contributed by atoms with Gasteiger partial charge in [0, 0.05) is 10.0 Å². The van der Waals surface area contributed by atoms with Crippen molar-refractivity contribution in [2.75, 3.05) is 0 Å². The number of halogens is 1. The van der Waals surface area contributed by atoms with Crippen LogP contribution < -0.4 is 0 Å². The molecule has 0 aliphatic carbocycles. The lowest BCUT2D eigenvalue weighted by Gasteiger charge is -2.02. The lowest BCUT2D eigenvalue weighted by molar-refractivity contribution is 0.132. The molecule has 0 amide bonds. The average molecular weight is 318 g/mol. The molecule has 0 aliphatic rings. The molecule has 0 radical (unpaired) electrons. The third-order valence-electron chi connectivity index (χ3n) is 2.80. The second-order valence-electron chi connectivity index (χ2n) is 4.20. The van der Waals surface area contributed by atoms with Gasteiger partial charge in [-0.25, -0.2) is 0 Å². The summed E-state index contributed by atoms with van der Waals surface area (Å²) in [7, 11) is 0. The number of hydrogen-bond acceptors (Lipinski definition) is 2. The SMILES string of the molecule is CCc1cccc(CON=Cc2ccccc2Br)c1. The average Bonchev–Trinajstić information content (AvgIpc) is 2.45. The Hall–Kier alpha value is -1.61. The molecule has 0 aromatic heterocycles. The molecular weight excluding hydrogens is 302 g/mol. The fraction of sp³-hybridized carbons (Fsp3) is 0.188. The molecule has 0 heterocycles. The molecule has 19 heavy (non-hydrogen) atoms. The minimum atomic E-state index is 0.495. The summed E-state index contributed by atoms with van der Waals surface area (Å²) in [5.74, 6) is 0. The van der Waals surface area contributed by atoms with E-state index in [1.54, 1.807) is 6.21 Å². The Morgan fingerprint density at radius 3 is 2.68 bits per heavy atom. The summed E-state index contributed by atoms with van der Waals surface area (Å²) in [5, 5.41) is 4.00. The van der Waals surface area contributed by atoms with Crippen molar-refractivity contribution in [2.45, 2.75) is 20.0 Å². The first-order valence-electron chi connectivity index (χ1n) is 6.27. The van der Waals surface area contributed by atoms with E-state index in [2.05, 4.69) is 46.2 Å². The summed E-state index contributed by atoms with van der Waals surface area (Å²) in [6.07, 6.45) is 2.75. The van der Waals surface area contributed by atoms with Crippen molar-refractivity contribution in [3.8, 4) is 0 Å². The van der Waals surface area contributed by atoms with Crippen molar-refractivity contribution in [1.29, 1.82) is 0 Å². The Kier molecular flexibility index (Phi) is 5.16. The molecule has 0 spiro atoms. The van der Waals surface area contributed by atoms with Crippen LogP contribution in [0.15, 0.2) is 58.2 Å². The normalized spacial score (nSPS) is 10.8. The largest absolute Gasteiger partial charge is 0.391 e. The molecule has 0 atom stereocenters. The number of oxime groups is 1. The van der Waals surface area contributed by atoms with Crippen molar-refractivity contribution in [2.24, 2.45) is 5.16 Å². The maximum atomic E-state index is 5.33. The van der Waals surface area contributed by atoms with Crippen LogP contribution in [0.1, 0.15) is 23.6 Å². The predicted molar refractivity (Wildman–Crippen MR) is 82.3 cm³/mol. The Labute approximate surface area is 122 Å². The Morgan fingerprint density at radius 2 is 1.89 bits per heavy atom. The molecular formula is C16H16BrNO. The molecule has 0 fully saturated rings. The van der Waals surface area contributed by atoms with E-state index in [0.717, 1.165) is 22.0 Å². The highest BCUT2D eigenvalue weighted by atomic mass is 79.9. The first kappa shape index (κ1) is 13.8. The zero-order valence-electron chi connectivity index (χ0n) is 10.8. The van der Waals surface area contributed by atoms with E-state index in [9.17, 15) is 0 Å². The zero-order chi connectivity index (χ0) is 13.5. The highest BCUT2D eigenvalue weighted by molar-refractivity contribution is 9.10. The lowest BCUT2D eigenvalue weighted by Crippen LogP contribution is -1.90. The fourth-order valence-electron chi connectivity index (χ4n) is 1.73. The highest BCUT2D eigenvalue weighted by Gasteiger charge is 1.96. The first-order chi connectivity index (χ1) is 9.29. The maximum absolute atomic E-state index is 5.33. The summed E-state index contributed by atoms with van der Waals surface area (Å²) in [6, 6.07) is 16.3. The van der Waals surface area contributed by atoms with Gasteiger partial charge in [0.15, 0.2) is 0 Å². The first-order valence-corrected chi connectivity index (χ1v) is 7.06. The van der Waals surface area contributed by atoms with Crippen LogP contribution in [0.5, 0.6) is 0 Å². The lowest BCUT2D eigenvalue weighted by atomic mass is 10.1. The molecule has 98 valence electrons. The van der Waals surface area contributed by atoms with Gasteiger partial charge in [-0.15, -0.1) is 0 Å². The van der Waals surface area contributed by atoms with Gasteiger partial charge < -0.3 is 4.84 Å². The minimum Gasteiger partial charge on any atom is -0.391 e. The van der Waals surface area contributed by atoms with Gasteiger partial charge in [-0.1, -0.05) is 70.5 Å². The van der Waals surface area contributed by atoms with Crippen LogP contribution in [0.4, 0.5) is 0 Å². The van der Waals surface area contributed by atoms with Crippen LogP contribution in [0.2, 0.25) is 0 Å². The van der Waals surface area contributed by atoms with Gasteiger partial charge >= 0.3 is 0 Å². The number of aryl methyl sites for hydroxylation is 1. The quantitative estimate of drug-likeness (QED) is 0.585. The molecule has 0 unspecified atom stereocenters. The van der Waals surface area contributed by atoms with Crippen LogP contribution in [0.25, 0.3) is 0 Å². The Balaban J connectivity index is 1.91. The van der Waals surface area contributed by atoms with Gasteiger partial charge in [0.25, 0.3) is 0 Å². The molecule has 0 N–H and O–H groups in total. The van der Waals surface area contributed by atoms with E-state index in [1.165, 1.54) is 5.56 Å². The van der Waals surface area contributed by atoms with Gasteiger partial charge in [0.1, 0.15) is 6.61 Å². The van der Waals surface area contributed by atoms with Crippen molar-refractivity contribution in [1.82, 2.24) is 0 Å². The number of hydrogen-bond donors (Lipinski definition) is 0. The fourth-order valence-corrected chi connectivity index (χ4v) is 2.11. The third-order valence-corrected chi connectivity index (χ3v) is 3.52. The van der Waals surface area contributed by atoms with Crippen LogP contribution in [-0.2, 0) is 17.9 Å². The van der Waals surface area contributed by atoms with Gasteiger partial charge in [-0.2, -0.15) is 0 Å². The third kappa shape index (κ3) is 4.21. The van der Waals surface area contributed by atoms with E-state index in [0.29, 0.717) is 6.61 Å². The smallest absolute Gasteiger partial charge is 0.142 e. The van der Waals surface area contributed by atoms with E-state index in [-0.39, 0.29) is 0 Å². The summed E-state index contributed by atoms with van der Waals surface area (Å²) < 4.78 is 1.01. The van der Waals surface area contributed by atoms with Crippen LogP contribution in [0.3, 0.4) is 0 Å². The molecule has 2 aromatic carbocycles. The van der Waals surface area contributed by atoms with Crippen LogP contribution in [0, 0.1) is 0 Å². The van der Waals surface area contributed by atoms with Gasteiger partial charge in [0.05, 0.1) is 6.21 Å². The van der Waals surface area contributed by atoms with Crippen molar-refractivity contribution in [3.63, 3.8) is 0 Å². The number of rotatable bonds is 5. The summed E-state index contributed by atoms with van der Waals surface area (Å²) in [4.78, 5) is 5.33. The van der Waals surface area contributed by atoms with E-state index >= 15 is 0 Å². The highest BCUT2D eigenvalue weighted by Crippen LogP contribution is 2.13. The van der Waals surface area contributed by atoms with Gasteiger partial charge in [0.2, 0.25) is 0 Å². The van der Waals surface area contributed by atoms with Crippen molar-refractivity contribution < 1.29 is 4.84 Å². The molecule has 2 aromatic rings. The zero-order valence-corrected chi connectivity index (χ0v) is 12.4. The van der Waals surface area contributed by atoms with E-state index in [1.807, 2.05) is 30.3 Å². The summed E-state index contributed by atoms with van der Waals surface area (Å²) in [6.45, 7) is 2.64. The van der Waals surface area contributed by atoms with E-state index in [4.69, 9.17) is 4.84 Å². The predicted octanol–water partition coefficient (Wildman–Crippen LogP) is 4.56. The van der Waals surface area contributed by atoms with Crippen molar-refractivity contribution >= 4 is 22.1 Å². The monoisotopic (exact) mass is 317 g/mol. The molecule has 3 heteroatoms. The molecule has 0 bridgehead atoms. The minimum absolute atomic E-state index is 0.495. The summed E-state index contributed by atoms with van der Waals surface area (Å²) in [5.41, 5.74) is 3.46. The number of nitrogens with zero attached hydrogens (tertiary/aromatic N) is 1. The summed E-state index contributed by atoms with van der Waals surface area (Å²) >= 11 is 3.47. The second-order valence-corrected chi connectivity index (χ2v) is 5.06. The molecule has 0 saturated carbocycles. The second kappa shape index (κ2) is 7.10. The van der Waals surface area contributed by atoms with Crippen LogP contribution in [-0.4, -0.2) is 6.21 Å². The Morgan fingerprint density at radius 1 is 1.11 bits per heavy atom. The van der Waals surface area contributed by atoms with Gasteiger partial charge in [-0.3, -0.25) is 0 Å². The maximum Gasteiger partial charge on any atom is 0.142 e. The van der Waals surface area contributed by atoms with Gasteiger partial charge in [-0.05, 0) is 23.6 Å². The molecule has 2 rings (SSSR count). The molecule has 2 nitrogen and oxygen atoms in total. The topological polar surface area (TPSA) is 21.6 Å². The van der Waals surface area contributed by atoms with Crippen LogP contribution >= 0.6 is 15.9 Å². The number of benzene rings is 2.